The van der Waals surface area contributed by atoms with Crippen LogP contribution in [-0.4, -0.2) is 56.1 Å². The summed E-state index contributed by atoms with van der Waals surface area (Å²) in [4.78, 5) is 35.0. The maximum absolute atomic E-state index is 12.0. The van der Waals surface area contributed by atoms with E-state index in [2.05, 4.69) is 11.9 Å². The number of hydrogen-bond acceptors (Lipinski definition) is 7. The van der Waals surface area contributed by atoms with Crippen LogP contribution in [0.2, 0.25) is 0 Å². The van der Waals surface area contributed by atoms with E-state index in [-0.39, 0.29) is 55.7 Å². The van der Waals surface area contributed by atoms with E-state index in [0.29, 0.717) is 6.42 Å². The quantitative estimate of drug-likeness (QED) is 0.442. The summed E-state index contributed by atoms with van der Waals surface area (Å²) in [7, 11) is 0. The molecule has 2 unspecified atom stereocenters. The summed E-state index contributed by atoms with van der Waals surface area (Å²) >= 11 is 0. The van der Waals surface area contributed by atoms with Gasteiger partial charge in [-0.2, -0.15) is 0 Å². The maximum atomic E-state index is 12.0. The lowest BCUT2D eigenvalue weighted by Crippen LogP contribution is -2.58. The van der Waals surface area contributed by atoms with E-state index in [0.717, 1.165) is 0 Å². The molecule has 28 heavy (non-hydrogen) atoms. The first kappa shape index (κ1) is 24.1. The lowest BCUT2D eigenvalue weighted by molar-refractivity contribution is -0.247. The van der Waals surface area contributed by atoms with Crippen LogP contribution in [0.4, 0.5) is 0 Å². The molecule has 1 amide bonds. The van der Waals surface area contributed by atoms with E-state index in [1.165, 1.54) is 13.0 Å². The van der Waals surface area contributed by atoms with Crippen molar-refractivity contribution < 1.29 is 33.3 Å². The first-order chi connectivity index (χ1) is 13.2. The Morgan fingerprint density at radius 1 is 1.21 bits per heavy atom. The van der Waals surface area contributed by atoms with Crippen molar-refractivity contribution in [3.63, 3.8) is 0 Å². The van der Waals surface area contributed by atoms with Crippen molar-refractivity contribution in [3.8, 4) is 0 Å². The molecule has 8 heteroatoms. The molecule has 1 aliphatic heterocycles. The second-order valence-electron chi connectivity index (χ2n) is 7.16. The van der Waals surface area contributed by atoms with Gasteiger partial charge < -0.3 is 24.3 Å². The van der Waals surface area contributed by atoms with Crippen LogP contribution in [0.5, 0.6) is 0 Å². The highest BCUT2D eigenvalue weighted by Gasteiger charge is 2.43. The zero-order valence-corrected chi connectivity index (χ0v) is 17.4. The lowest BCUT2D eigenvalue weighted by atomic mass is 9.82. The number of esters is 2. The van der Waals surface area contributed by atoms with Gasteiger partial charge in [-0.3, -0.25) is 14.4 Å². The Bertz CT molecular complexity index is 551. The summed E-state index contributed by atoms with van der Waals surface area (Å²) in [5.41, 5.74) is 0. The predicted octanol–water partition coefficient (Wildman–Crippen LogP) is 1.82. The van der Waals surface area contributed by atoms with Crippen molar-refractivity contribution >= 4 is 17.8 Å². The molecular formula is C20H33NO7. The Hall–Kier alpha value is -1.93. The third-order valence-electron chi connectivity index (χ3n) is 4.94. The molecule has 160 valence electrons. The summed E-state index contributed by atoms with van der Waals surface area (Å²) in [6.07, 6.45) is 0.693. The minimum atomic E-state index is -0.767. The van der Waals surface area contributed by atoms with Crippen LogP contribution in [0.1, 0.15) is 41.0 Å². The van der Waals surface area contributed by atoms with Gasteiger partial charge in [-0.05, 0) is 18.8 Å². The van der Waals surface area contributed by atoms with Crippen molar-refractivity contribution in [2.45, 2.75) is 59.5 Å². The van der Waals surface area contributed by atoms with Crippen LogP contribution in [-0.2, 0) is 33.3 Å². The number of amides is 1. The van der Waals surface area contributed by atoms with Gasteiger partial charge in [0.15, 0.2) is 6.29 Å². The topological polar surface area (TPSA) is 100 Å². The van der Waals surface area contributed by atoms with E-state index in [9.17, 15) is 14.4 Å². The van der Waals surface area contributed by atoms with E-state index in [1.54, 1.807) is 13.8 Å². The Kier molecular flexibility index (Phi) is 10.2. The molecule has 6 atom stereocenters. The standard InChI is InChI=1S/C20H33NO7/c1-7-9-25-19(24)12(3)10-27-20-18(21-17(23)8-2)14(5)13(4)16(28-20)11-26-15(6)22/h7,12-14,16,18,20H,1,8-11H2,2-6H3,(H,21,23)/t12-,13+,14-,16?,18+,20?/m0/s1. The Morgan fingerprint density at radius 3 is 2.46 bits per heavy atom. The Morgan fingerprint density at radius 2 is 1.89 bits per heavy atom. The fourth-order valence-electron chi connectivity index (χ4n) is 2.91. The molecule has 1 saturated heterocycles. The molecule has 1 N–H and O–H groups in total. The van der Waals surface area contributed by atoms with Crippen molar-refractivity contribution in [3.05, 3.63) is 12.7 Å². The zero-order chi connectivity index (χ0) is 21.3. The molecule has 0 saturated carbocycles. The molecule has 0 bridgehead atoms. The predicted molar refractivity (Wildman–Crippen MR) is 102 cm³/mol. The summed E-state index contributed by atoms with van der Waals surface area (Å²) < 4.78 is 22.0. The zero-order valence-electron chi connectivity index (χ0n) is 17.4. The van der Waals surface area contributed by atoms with Crippen molar-refractivity contribution in [2.24, 2.45) is 17.8 Å². The number of ether oxygens (including phenoxy) is 4. The first-order valence-corrected chi connectivity index (χ1v) is 9.68. The van der Waals surface area contributed by atoms with Crippen LogP contribution >= 0.6 is 0 Å². The second kappa shape index (κ2) is 11.8. The third-order valence-corrected chi connectivity index (χ3v) is 4.94. The normalized spacial score (nSPS) is 28.1. The molecule has 1 heterocycles. The number of carbonyl (C=O) groups is 3. The van der Waals surface area contributed by atoms with Crippen LogP contribution in [0.25, 0.3) is 0 Å². The largest absolute Gasteiger partial charge is 0.463 e. The fourth-order valence-corrected chi connectivity index (χ4v) is 2.91. The monoisotopic (exact) mass is 399 g/mol. The minimum absolute atomic E-state index is 0.0119. The van der Waals surface area contributed by atoms with Gasteiger partial charge in [-0.1, -0.05) is 33.4 Å². The summed E-state index contributed by atoms with van der Waals surface area (Å²) in [6, 6.07) is -0.382. The number of carbonyl (C=O) groups excluding carboxylic acids is 3. The van der Waals surface area contributed by atoms with Gasteiger partial charge >= 0.3 is 11.9 Å². The maximum Gasteiger partial charge on any atom is 0.311 e. The fraction of sp³-hybridized carbons (Fsp3) is 0.750. The second-order valence-corrected chi connectivity index (χ2v) is 7.16. The Labute approximate surface area is 166 Å². The molecule has 0 aromatic heterocycles. The average Bonchev–Trinajstić information content (AvgIpc) is 2.67. The summed E-state index contributed by atoms with van der Waals surface area (Å²) in [5, 5.41) is 2.95. The van der Waals surface area contributed by atoms with Gasteiger partial charge in [0.05, 0.1) is 24.7 Å². The van der Waals surface area contributed by atoms with E-state index in [4.69, 9.17) is 18.9 Å². The molecular weight excluding hydrogens is 366 g/mol. The highest BCUT2D eigenvalue weighted by molar-refractivity contribution is 5.76. The van der Waals surface area contributed by atoms with Crippen molar-refractivity contribution in [1.82, 2.24) is 5.32 Å². The van der Waals surface area contributed by atoms with Crippen LogP contribution in [0.3, 0.4) is 0 Å². The van der Waals surface area contributed by atoms with Gasteiger partial charge in [-0.25, -0.2) is 0 Å². The van der Waals surface area contributed by atoms with Gasteiger partial charge in [0.2, 0.25) is 5.91 Å². The van der Waals surface area contributed by atoms with Gasteiger partial charge in [0.1, 0.15) is 13.2 Å². The number of hydrogen-bond donors (Lipinski definition) is 1. The summed E-state index contributed by atoms with van der Waals surface area (Å²) in [6.45, 7) is 12.6. The molecule has 8 nitrogen and oxygen atoms in total. The number of rotatable bonds is 10. The molecule has 0 radical (unpaired) electrons. The molecule has 1 fully saturated rings. The molecule has 1 aliphatic rings. The highest BCUT2D eigenvalue weighted by atomic mass is 16.7. The lowest BCUT2D eigenvalue weighted by Gasteiger charge is -2.44. The molecule has 1 rings (SSSR count). The number of nitrogens with one attached hydrogen (secondary N) is 1. The first-order valence-electron chi connectivity index (χ1n) is 9.68. The highest BCUT2D eigenvalue weighted by Crippen LogP contribution is 2.32. The van der Waals surface area contributed by atoms with Gasteiger partial charge in [-0.15, -0.1) is 0 Å². The van der Waals surface area contributed by atoms with E-state index in [1.807, 2.05) is 13.8 Å². The van der Waals surface area contributed by atoms with Crippen LogP contribution in [0.15, 0.2) is 12.7 Å². The van der Waals surface area contributed by atoms with Crippen molar-refractivity contribution in [2.75, 3.05) is 19.8 Å². The SMILES string of the molecule is C=CCOC(=O)[C@@H](C)COC1OC(COC(C)=O)[C@H](C)[C@H](C)[C@H]1NC(=O)CC. The van der Waals surface area contributed by atoms with Crippen LogP contribution in [0, 0.1) is 17.8 Å². The summed E-state index contributed by atoms with van der Waals surface area (Å²) in [5.74, 6) is -1.37. The minimum Gasteiger partial charge on any atom is -0.463 e. The van der Waals surface area contributed by atoms with E-state index < -0.39 is 18.2 Å². The van der Waals surface area contributed by atoms with Crippen molar-refractivity contribution in [1.29, 1.82) is 0 Å². The Balaban J connectivity index is 2.82. The molecule has 0 aromatic rings. The smallest absolute Gasteiger partial charge is 0.311 e. The van der Waals surface area contributed by atoms with Gasteiger partial charge in [0, 0.05) is 13.3 Å². The van der Waals surface area contributed by atoms with E-state index >= 15 is 0 Å². The third kappa shape index (κ3) is 7.24. The molecule has 0 aliphatic carbocycles. The van der Waals surface area contributed by atoms with Crippen LogP contribution < -0.4 is 5.32 Å². The average molecular weight is 399 g/mol. The molecule has 0 spiro atoms. The molecule has 0 aromatic carbocycles. The van der Waals surface area contributed by atoms with Gasteiger partial charge in [0.25, 0.3) is 0 Å².